The van der Waals surface area contributed by atoms with Gasteiger partial charge in [-0.25, -0.2) is 0 Å². The van der Waals surface area contributed by atoms with Gasteiger partial charge in [-0.1, -0.05) is 82.5 Å². The number of benzene rings is 1. The zero-order chi connectivity index (χ0) is 15.9. The van der Waals surface area contributed by atoms with Crippen molar-refractivity contribution in [2.75, 3.05) is 6.61 Å². The molecule has 0 spiro atoms. The molecule has 21 heavy (non-hydrogen) atoms. The van der Waals surface area contributed by atoms with E-state index in [1.807, 2.05) is 0 Å². The summed E-state index contributed by atoms with van der Waals surface area (Å²) >= 11 is 0. The van der Waals surface area contributed by atoms with Crippen molar-refractivity contribution in [2.24, 2.45) is 0 Å². The van der Waals surface area contributed by atoms with Crippen LogP contribution < -0.4 is 5.19 Å². The van der Waals surface area contributed by atoms with Crippen LogP contribution in [0.5, 0.6) is 0 Å². The summed E-state index contributed by atoms with van der Waals surface area (Å²) < 4.78 is 6.50. The molecule has 1 nitrogen and oxygen atoms in total. The van der Waals surface area contributed by atoms with Crippen LogP contribution in [0.1, 0.15) is 47.0 Å². The van der Waals surface area contributed by atoms with Crippen LogP contribution in [-0.2, 0) is 4.43 Å². The number of hydrogen-bond donors (Lipinski definition) is 0. The first-order valence-corrected chi connectivity index (χ1v) is 12.9. The fourth-order valence-corrected chi connectivity index (χ4v) is 5.49. The first kappa shape index (κ1) is 18.7. The highest BCUT2D eigenvalue weighted by Crippen LogP contribution is 2.37. The van der Waals surface area contributed by atoms with Gasteiger partial charge in [-0.05, 0) is 23.7 Å². The number of hydrogen-bond acceptors (Lipinski definition) is 1. The normalized spacial score (nSPS) is 14.8. The van der Waals surface area contributed by atoms with Gasteiger partial charge in [-0.15, -0.1) is 0 Å². The van der Waals surface area contributed by atoms with Crippen LogP contribution in [0, 0.1) is 0 Å². The molecule has 1 unspecified atom stereocenters. The van der Waals surface area contributed by atoms with Gasteiger partial charge in [0.25, 0.3) is 0 Å². The Bertz CT molecular complexity index is 395. The fourth-order valence-electron chi connectivity index (χ4n) is 2.23. The topological polar surface area (TPSA) is 9.23 Å². The van der Waals surface area contributed by atoms with E-state index in [4.69, 9.17) is 4.43 Å². The van der Waals surface area contributed by atoms with Gasteiger partial charge < -0.3 is 4.43 Å². The van der Waals surface area contributed by atoms with Crippen molar-refractivity contribution >= 4 is 23.0 Å². The average Bonchev–Trinajstić information content (AvgIpc) is 2.42. The Kier molecular flexibility index (Phi) is 7.38. The molecule has 0 bridgehead atoms. The molecule has 0 aliphatic rings. The maximum Gasteiger partial charge on any atom is 0.191 e. The fraction of sp³-hybridized carbons (Fsp3) is 0.667. The molecule has 1 aromatic rings. The van der Waals surface area contributed by atoms with Crippen molar-refractivity contribution in [2.45, 2.75) is 70.6 Å². The summed E-state index contributed by atoms with van der Waals surface area (Å²) in [5.74, 6) is 0. The second-order valence-electron chi connectivity index (χ2n) is 7.77. The van der Waals surface area contributed by atoms with Crippen LogP contribution in [0.15, 0.2) is 30.3 Å². The Hall–Kier alpha value is -0.386. The average molecular weight is 323 g/mol. The summed E-state index contributed by atoms with van der Waals surface area (Å²) in [5.41, 5.74) is 0.793. The predicted octanol–water partition coefficient (Wildman–Crippen LogP) is 4.48. The van der Waals surface area contributed by atoms with Crippen LogP contribution in [0.3, 0.4) is 0 Å². The third kappa shape index (κ3) is 6.49. The molecular weight excluding hydrogens is 288 g/mol. The highest BCUT2D eigenvalue weighted by molar-refractivity contribution is 6.74. The van der Waals surface area contributed by atoms with Gasteiger partial charge in [0, 0.05) is 6.61 Å². The third-order valence-corrected chi connectivity index (χ3v) is 11.5. The molecule has 0 heterocycles. The van der Waals surface area contributed by atoms with E-state index in [1.54, 1.807) is 5.19 Å². The van der Waals surface area contributed by atoms with E-state index < -0.39 is 8.32 Å². The highest BCUT2D eigenvalue weighted by atomic mass is 28.4. The summed E-state index contributed by atoms with van der Waals surface area (Å²) in [7, 11) is -1.84. The first-order valence-electron chi connectivity index (χ1n) is 8.44. The number of unbranched alkanes of at least 4 members (excludes halogenated alkanes) is 1. The highest BCUT2D eigenvalue weighted by Gasteiger charge is 2.37. The lowest BCUT2D eigenvalue weighted by molar-refractivity contribution is 0.277. The second kappa shape index (κ2) is 8.30. The minimum atomic E-state index is -1.60. The molecule has 120 valence electrons. The quantitative estimate of drug-likeness (QED) is 0.641. The molecule has 1 aromatic carbocycles. The van der Waals surface area contributed by atoms with Crippen molar-refractivity contribution in [1.82, 2.24) is 0 Å². The van der Waals surface area contributed by atoms with Crippen LogP contribution in [0.25, 0.3) is 0 Å². The van der Waals surface area contributed by atoms with Gasteiger partial charge in [-0.2, -0.15) is 0 Å². The van der Waals surface area contributed by atoms with Gasteiger partial charge in [0.15, 0.2) is 8.32 Å². The lowest BCUT2D eigenvalue weighted by Gasteiger charge is -2.37. The molecule has 0 saturated carbocycles. The minimum absolute atomic E-state index is 0.233. The third-order valence-electron chi connectivity index (χ3n) is 4.82. The van der Waals surface area contributed by atoms with Crippen LogP contribution >= 0.6 is 0 Å². The minimum Gasteiger partial charge on any atom is -0.417 e. The Morgan fingerprint density at radius 1 is 1.14 bits per heavy atom. The standard InChI is InChI=1S/C18H34OSi2/c1-7-8-12-17(20-16-13-10-9-11-14-16)15-19-21(5,6)18(2,3)4/h9-11,13-14,17H,7-8,12,15,20H2,1-6H3. The Balaban J connectivity index is 2.62. The maximum absolute atomic E-state index is 6.50. The van der Waals surface area contributed by atoms with Gasteiger partial charge >= 0.3 is 0 Å². The summed E-state index contributed by atoms with van der Waals surface area (Å²) in [6.07, 6.45) is 3.97. The van der Waals surface area contributed by atoms with Crippen LogP contribution in [0.4, 0.5) is 0 Å². The smallest absolute Gasteiger partial charge is 0.191 e. The van der Waals surface area contributed by atoms with E-state index in [2.05, 4.69) is 71.1 Å². The molecule has 1 atom stereocenters. The molecule has 0 saturated heterocycles. The Morgan fingerprint density at radius 3 is 2.29 bits per heavy atom. The molecule has 3 heteroatoms. The van der Waals surface area contributed by atoms with Crippen molar-refractivity contribution in [3.63, 3.8) is 0 Å². The Labute approximate surface area is 135 Å². The molecule has 0 aliphatic carbocycles. The van der Waals surface area contributed by atoms with Crippen molar-refractivity contribution in [1.29, 1.82) is 0 Å². The van der Waals surface area contributed by atoms with E-state index in [0.29, 0.717) is 5.04 Å². The molecule has 0 aliphatic heterocycles. The van der Waals surface area contributed by atoms with Crippen LogP contribution in [0.2, 0.25) is 23.7 Å². The van der Waals surface area contributed by atoms with E-state index in [0.717, 1.165) is 12.1 Å². The Morgan fingerprint density at radius 2 is 1.76 bits per heavy atom. The molecule has 0 fully saturated rings. The zero-order valence-electron chi connectivity index (χ0n) is 14.9. The van der Waals surface area contributed by atoms with E-state index in [-0.39, 0.29) is 9.52 Å². The SMILES string of the molecule is CCCCC(CO[Si](C)(C)C(C)(C)C)[SiH2]c1ccccc1. The molecule has 0 N–H and O–H groups in total. The zero-order valence-corrected chi connectivity index (χ0v) is 17.3. The summed E-state index contributed by atoms with van der Waals surface area (Å²) in [5, 5.41) is 1.90. The van der Waals surface area contributed by atoms with E-state index in [1.165, 1.54) is 19.3 Å². The summed E-state index contributed by atoms with van der Waals surface area (Å²) in [6, 6.07) is 11.1. The molecule has 0 aromatic heterocycles. The maximum atomic E-state index is 6.50. The second-order valence-corrected chi connectivity index (χ2v) is 15.0. The van der Waals surface area contributed by atoms with Crippen LogP contribution in [-0.4, -0.2) is 24.4 Å². The first-order chi connectivity index (χ1) is 9.76. The van der Waals surface area contributed by atoms with Crippen molar-refractivity contribution in [3.8, 4) is 0 Å². The molecule has 0 radical (unpaired) electrons. The molecule has 0 amide bonds. The van der Waals surface area contributed by atoms with Gasteiger partial charge in [-0.3, -0.25) is 0 Å². The molecule has 1 rings (SSSR count). The van der Waals surface area contributed by atoms with Gasteiger partial charge in [0.2, 0.25) is 0 Å². The van der Waals surface area contributed by atoms with Crippen molar-refractivity contribution < 1.29 is 4.43 Å². The van der Waals surface area contributed by atoms with Gasteiger partial charge in [0.1, 0.15) is 0 Å². The summed E-state index contributed by atoms with van der Waals surface area (Å²) in [6.45, 7) is 15.0. The largest absolute Gasteiger partial charge is 0.417 e. The lowest BCUT2D eigenvalue weighted by Crippen LogP contribution is -2.42. The molecular formula is C18H34OSi2. The number of rotatable bonds is 8. The predicted molar refractivity (Wildman–Crippen MR) is 101 cm³/mol. The van der Waals surface area contributed by atoms with E-state index in [9.17, 15) is 0 Å². The monoisotopic (exact) mass is 322 g/mol. The van der Waals surface area contributed by atoms with Gasteiger partial charge in [0.05, 0.1) is 9.52 Å². The lowest BCUT2D eigenvalue weighted by atomic mass is 10.2. The van der Waals surface area contributed by atoms with Crippen molar-refractivity contribution in [3.05, 3.63) is 30.3 Å². The summed E-state index contributed by atoms with van der Waals surface area (Å²) in [4.78, 5) is 0. The van der Waals surface area contributed by atoms with E-state index >= 15 is 0 Å².